The van der Waals surface area contributed by atoms with Gasteiger partial charge in [-0.1, -0.05) is 12.1 Å². The summed E-state index contributed by atoms with van der Waals surface area (Å²) in [6.45, 7) is 0. The summed E-state index contributed by atoms with van der Waals surface area (Å²) in [7, 11) is -2.16. The van der Waals surface area contributed by atoms with Gasteiger partial charge in [0, 0.05) is 5.69 Å². The zero-order valence-electron chi connectivity index (χ0n) is 11.9. The fourth-order valence-corrected chi connectivity index (χ4v) is 2.41. The number of nitrogens with one attached hydrogen (secondary N) is 1. The van der Waals surface area contributed by atoms with Crippen LogP contribution < -0.4 is 15.2 Å². The molecule has 0 saturated heterocycles. The van der Waals surface area contributed by atoms with Gasteiger partial charge in [0.05, 0.1) is 18.1 Å². The highest BCUT2D eigenvalue weighted by Gasteiger charge is 2.13. The predicted molar refractivity (Wildman–Crippen MR) is 82.8 cm³/mol. The van der Waals surface area contributed by atoms with Gasteiger partial charge in [-0.25, -0.2) is 13.6 Å². The molecule has 0 bridgehead atoms. The summed E-state index contributed by atoms with van der Waals surface area (Å²) in [6.07, 6.45) is 0. The Kier molecular flexibility index (Phi) is 4.65. The Morgan fingerprint density at radius 1 is 1.14 bits per heavy atom. The summed E-state index contributed by atoms with van der Waals surface area (Å²) in [5.74, 6) is 0.719. The molecule has 3 N–H and O–H groups in total. The Bertz CT molecular complexity index is 778. The van der Waals surface area contributed by atoms with E-state index in [1.165, 1.54) is 12.1 Å². The number of nitrogens with zero attached hydrogens (tertiary/aromatic N) is 1. The van der Waals surface area contributed by atoms with Crippen molar-refractivity contribution in [1.29, 1.82) is 5.26 Å². The lowest BCUT2D eigenvalue weighted by Crippen LogP contribution is -2.13. The molecule has 22 heavy (non-hydrogen) atoms. The van der Waals surface area contributed by atoms with Crippen molar-refractivity contribution in [2.75, 3.05) is 12.4 Å². The van der Waals surface area contributed by atoms with Crippen LogP contribution in [-0.4, -0.2) is 15.5 Å². The third-order valence-electron chi connectivity index (χ3n) is 3.07. The molecule has 2 aromatic carbocycles. The lowest BCUT2D eigenvalue weighted by Gasteiger charge is -2.14. The molecule has 2 rings (SSSR count). The van der Waals surface area contributed by atoms with E-state index >= 15 is 0 Å². The van der Waals surface area contributed by atoms with Gasteiger partial charge in [0.25, 0.3) is 0 Å². The largest absolute Gasteiger partial charge is 0.497 e. The molecule has 0 fully saturated rings. The second-order valence-corrected chi connectivity index (χ2v) is 6.11. The Morgan fingerprint density at radius 2 is 1.73 bits per heavy atom. The van der Waals surface area contributed by atoms with E-state index in [-0.39, 0.29) is 4.90 Å². The van der Waals surface area contributed by atoms with E-state index in [0.717, 1.165) is 11.4 Å². The first kappa shape index (κ1) is 15.8. The highest BCUT2D eigenvalue weighted by Crippen LogP contribution is 2.22. The Labute approximate surface area is 129 Å². The van der Waals surface area contributed by atoms with E-state index < -0.39 is 16.1 Å². The summed E-state index contributed by atoms with van der Waals surface area (Å²) in [5, 5.41) is 17.4. The average Bonchev–Trinajstić information content (AvgIpc) is 2.52. The molecule has 0 aliphatic heterocycles. The molecule has 0 saturated carbocycles. The van der Waals surface area contributed by atoms with Crippen LogP contribution in [-0.2, 0) is 10.0 Å². The zero-order valence-corrected chi connectivity index (χ0v) is 12.7. The number of anilines is 1. The van der Waals surface area contributed by atoms with Crippen LogP contribution in [0.15, 0.2) is 53.4 Å². The molecular formula is C15H15N3O3S. The van der Waals surface area contributed by atoms with Gasteiger partial charge in [0.2, 0.25) is 10.0 Å². The van der Waals surface area contributed by atoms with Crippen molar-refractivity contribution in [3.05, 3.63) is 54.1 Å². The minimum atomic E-state index is -3.74. The molecule has 1 atom stereocenters. The summed E-state index contributed by atoms with van der Waals surface area (Å²) < 4.78 is 27.5. The quantitative estimate of drug-likeness (QED) is 0.877. The second kappa shape index (κ2) is 6.47. The normalized spacial score (nSPS) is 12.2. The number of nitrogens with two attached hydrogens (primary N) is 1. The molecule has 0 aliphatic carbocycles. The summed E-state index contributed by atoms with van der Waals surface area (Å²) in [5.41, 5.74) is 1.40. The Hall–Kier alpha value is -2.56. The molecule has 2 aromatic rings. The smallest absolute Gasteiger partial charge is 0.238 e. The van der Waals surface area contributed by atoms with Gasteiger partial charge < -0.3 is 10.1 Å². The van der Waals surface area contributed by atoms with Crippen LogP contribution in [0.2, 0.25) is 0 Å². The van der Waals surface area contributed by atoms with Crippen molar-refractivity contribution in [2.45, 2.75) is 10.9 Å². The van der Waals surface area contributed by atoms with Crippen LogP contribution in [0.4, 0.5) is 5.69 Å². The van der Waals surface area contributed by atoms with E-state index in [1.807, 2.05) is 0 Å². The number of primary sulfonamides is 1. The number of benzene rings is 2. The Balaban J connectivity index is 2.19. The monoisotopic (exact) mass is 317 g/mol. The highest BCUT2D eigenvalue weighted by atomic mass is 32.2. The molecule has 0 aromatic heterocycles. The molecule has 0 spiro atoms. The number of rotatable bonds is 5. The van der Waals surface area contributed by atoms with Crippen LogP contribution in [0.5, 0.6) is 5.75 Å². The maximum atomic E-state index is 11.2. The maximum absolute atomic E-state index is 11.2. The number of sulfonamides is 1. The minimum Gasteiger partial charge on any atom is -0.497 e. The van der Waals surface area contributed by atoms with E-state index in [1.54, 1.807) is 43.5 Å². The van der Waals surface area contributed by atoms with E-state index in [9.17, 15) is 13.7 Å². The van der Waals surface area contributed by atoms with E-state index in [2.05, 4.69) is 11.4 Å². The van der Waals surface area contributed by atoms with Crippen molar-refractivity contribution in [2.24, 2.45) is 5.14 Å². The third-order valence-corrected chi connectivity index (χ3v) is 4.00. The van der Waals surface area contributed by atoms with Crippen LogP contribution in [0, 0.1) is 11.3 Å². The highest BCUT2D eigenvalue weighted by molar-refractivity contribution is 7.89. The van der Waals surface area contributed by atoms with Crippen LogP contribution >= 0.6 is 0 Å². The van der Waals surface area contributed by atoms with Gasteiger partial charge in [-0.05, 0) is 42.0 Å². The lowest BCUT2D eigenvalue weighted by molar-refractivity contribution is 0.415. The van der Waals surface area contributed by atoms with Crippen molar-refractivity contribution in [1.82, 2.24) is 0 Å². The molecular weight excluding hydrogens is 302 g/mol. The zero-order chi connectivity index (χ0) is 16.2. The molecule has 7 heteroatoms. The van der Waals surface area contributed by atoms with E-state index in [0.29, 0.717) is 5.56 Å². The second-order valence-electron chi connectivity index (χ2n) is 4.55. The molecule has 0 amide bonds. The standard InChI is InChI=1S/C15H15N3O3S/c1-21-13-6-4-12(5-7-13)18-15(10-16)11-2-8-14(9-3-11)22(17,19)20/h2-9,15,18H,1H3,(H2,17,19,20). The van der Waals surface area contributed by atoms with Crippen molar-refractivity contribution >= 4 is 15.7 Å². The molecule has 1 unspecified atom stereocenters. The first-order valence-corrected chi connectivity index (χ1v) is 7.91. The van der Waals surface area contributed by atoms with Crippen LogP contribution in [0.25, 0.3) is 0 Å². The Morgan fingerprint density at radius 3 is 2.18 bits per heavy atom. The number of ether oxygens (including phenoxy) is 1. The van der Waals surface area contributed by atoms with Crippen LogP contribution in [0.3, 0.4) is 0 Å². The fraction of sp³-hybridized carbons (Fsp3) is 0.133. The maximum Gasteiger partial charge on any atom is 0.238 e. The average molecular weight is 317 g/mol. The summed E-state index contributed by atoms with van der Waals surface area (Å²) in [6, 6.07) is 14.5. The van der Waals surface area contributed by atoms with Gasteiger partial charge in [-0.2, -0.15) is 5.26 Å². The summed E-state index contributed by atoms with van der Waals surface area (Å²) in [4.78, 5) is 0.0115. The topological polar surface area (TPSA) is 105 Å². The predicted octanol–water partition coefficient (Wildman–Crippen LogP) is 2.02. The van der Waals surface area contributed by atoms with Crippen molar-refractivity contribution in [3.63, 3.8) is 0 Å². The van der Waals surface area contributed by atoms with Gasteiger partial charge in [-0.3, -0.25) is 0 Å². The van der Waals surface area contributed by atoms with Crippen molar-refractivity contribution < 1.29 is 13.2 Å². The lowest BCUT2D eigenvalue weighted by atomic mass is 10.1. The molecule has 114 valence electrons. The number of hydrogen-bond acceptors (Lipinski definition) is 5. The van der Waals surface area contributed by atoms with Gasteiger partial charge in [-0.15, -0.1) is 0 Å². The summed E-state index contributed by atoms with van der Waals surface area (Å²) >= 11 is 0. The number of methoxy groups -OCH3 is 1. The third kappa shape index (κ3) is 3.75. The van der Waals surface area contributed by atoms with Gasteiger partial charge in [0.15, 0.2) is 0 Å². The first-order chi connectivity index (χ1) is 10.4. The van der Waals surface area contributed by atoms with Gasteiger partial charge >= 0.3 is 0 Å². The van der Waals surface area contributed by atoms with Crippen molar-refractivity contribution in [3.8, 4) is 11.8 Å². The van der Waals surface area contributed by atoms with E-state index in [4.69, 9.17) is 9.88 Å². The van der Waals surface area contributed by atoms with Crippen LogP contribution in [0.1, 0.15) is 11.6 Å². The minimum absolute atomic E-state index is 0.0115. The first-order valence-electron chi connectivity index (χ1n) is 6.37. The SMILES string of the molecule is COc1ccc(NC(C#N)c2ccc(S(N)(=O)=O)cc2)cc1. The van der Waals surface area contributed by atoms with Gasteiger partial charge in [0.1, 0.15) is 11.8 Å². The molecule has 0 heterocycles. The molecule has 0 radical (unpaired) electrons. The molecule has 0 aliphatic rings. The molecule has 6 nitrogen and oxygen atoms in total. The fourth-order valence-electron chi connectivity index (χ4n) is 1.89. The number of nitriles is 1. The number of hydrogen-bond donors (Lipinski definition) is 2.